The number of nitrogens with two attached hydrogens (primary N) is 1. The first-order valence-corrected chi connectivity index (χ1v) is 6.74. The molecule has 1 aliphatic carbocycles. The minimum Gasteiger partial charge on any atom is -0.393 e. The van der Waals surface area contributed by atoms with Crippen molar-refractivity contribution in [2.75, 3.05) is 12.3 Å². The highest BCUT2D eigenvalue weighted by molar-refractivity contribution is 6.00. The number of carbonyl (C=O) groups excluding carboxylic acids is 1. The van der Waals surface area contributed by atoms with Crippen LogP contribution >= 0.6 is 0 Å². The third-order valence-electron chi connectivity index (χ3n) is 4.01. The van der Waals surface area contributed by atoms with E-state index >= 15 is 0 Å². The predicted octanol–water partition coefficient (Wildman–Crippen LogP) is 2.49. The van der Waals surface area contributed by atoms with Gasteiger partial charge >= 0.3 is 0 Å². The molecule has 3 N–H and O–H groups in total. The van der Waals surface area contributed by atoms with Crippen LogP contribution in [0.2, 0.25) is 0 Å². The second-order valence-electron chi connectivity index (χ2n) is 5.70. The van der Waals surface area contributed by atoms with Crippen molar-refractivity contribution in [3.05, 3.63) is 33.9 Å². The summed E-state index contributed by atoms with van der Waals surface area (Å²) in [6.07, 6.45) is 4.56. The van der Waals surface area contributed by atoms with Gasteiger partial charge in [0.15, 0.2) is 0 Å². The molecular formula is C14H19N3O3. The Morgan fingerprint density at radius 2 is 2.10 bits per heavy atom. The number of carbonyl (C=O) groups is 1. The summed E-state index contributed by atoms with van der Waals surface area (Å²) in [5, 5.41) is 13.7. The second kappa shape index (κ2) is 5.48. The molecule has 0 atom stereocenters. The molecule has 1 aliphatic rings. The third-order valence-corrected chi connectivity index (χ3v) is 4.01. The van der Waals surface area contributed by atoms with E-state index in [0.717, 1.165) is 12.8 Å². The molecule has 0 saturated heterocycles. The number of hydrogen-bond acceptors (Lipinski definition) is 4. The van der Waals surface area contributed by atoms with Crippen LogP contribution in [-0.4, -0.2) is 17.4 Å². The summed E-state index contributed by atoms with van der Waals surface area (Å²) in [4.78, 5) is 22.4. The number of rotatable bonds is 4. The van der Waals surface area contributed by atoms with Gasteiger partial charge in [-0.25, -0.2) is 0 Å². The van der Waals surface area contributed by atoms with Crippen LogP contribution in [0.5, 0.6) is 0 Å². The molecule has 0 heterocycles. The van der Waals surface area contributed by atoms with Crippen LogP contribution < -0.4 is 11.1 Å². The number of nitro groups is 1. The minimum absolute atomic E-state index is 0.0772. The molecular weight excluding hydrogens is 258 g/mol. The van der Waals surface area contributed by atoms with Gasteiger partial charge in [0.25, 0.3) is 11.6 Å². The number of nitrogen functional groups attached to an aromatic ring is 1. The van der Waals surface area contributed by atoms with E-state index in [1.54, 1.807) is 0 Å². The Bertz CT molecular complexity index is 536. The molecule has 0 radical (unpaired) electrons. The topological polar surface area (TPSA) is 98.3 Å². The first-order valence-electron chi connectivity index (χ1n) is 6.74. The van der Waals surface area contributed by atoms with Crippen LogP contribution in [-0.2, 0) is 0 Å². The molecule has 0 bridgehead atoms. The standard InChI is InChI=1S/C14H19N3O3/c1-14(7-2-3-8-14)9-16-13(18)10-5-4-6-11(12(10)15)17(19)20/h4-6H,2-3,7-9,15H2,1H3,(H,16,18). The highest BCUT2D eigenvalue weighted by Crippen LogP contribution is 2.36. The maximum Gasteiger partial charge on any atom is 0.292 e. The van der Waals surface area contributed by atoms with E-state index < -0.39 is 4.92 Å². The summed E-state index contributed by atoms with van der Waals surface area (Å²) in [7, 11) is 0. The van der Waals surface area contributed by atoms with Gasteiger partial charge in [-0.15, -0.1) is 0 Å². The highest BCUT2D eigenvalue weighted by Gasteiger charge is 2.29. The Labute approximate surface area is 117 Å². The van der Waals surface area contributed by atoms with E-state index in [1.807, 2.05) is 0 Å². The van der Waals surface area contributed by atoms with E-state index in [4.69, 9.17) is 5.73 Å². The molecule has 2 rings (SSSR count). The molecule has 0 spiro atoms. The van der Waals surface area contributed by atoms with E-state index in [1.165, 1.54) is 31.0 Å². The zero-order valence-corrected chi connectivity index (χ0v) is 11.5. The van der Waals surface area contributed by atoms with Gasteiger partial charge in [0, 0.05) is 12.6 Å². The summed E-state index contributed by atoms with van der Waals surface area (Å²) in [5.41, 5.74) is 5.69. The second-order valence-corrected chi connectivity index (χ2v) is 5.70. The van der Waals surface area contributed by atoms with Crippen molar-refractivity contribution in [3.63, 3.8) is 0 Å². The van der Waals surface area contributed by atoms with Crippen LogP contribution in [0.15, 0.2) is 18.2 Å². The van der Waals surface area contributed by atoms with Crippen molar-refractivity contribution in [1.82, 2.24) is 5.32 Å². The Balaban J connectivity index is 2.09. The van der Waals surface area contributed by atoms with Gasteiger partial charge in [0.1, 0.15) is 5.69 Å². The van der Waals surface area contributed by atoms with Crippen LogP contribution in [0.25, 0.3) is 0 Å². The van der Waals surface area contributed by atoms with Crippen LogP contribution in [0.4, 0.5) is 11.4 Å². The lowest BCUT2D eigenvalue weighted by atomic mass is 9.89. The summed E-state index contributed by atoms with van der Waals surface area (Å²) in [5.74, 6) is -0.348. The van der Waals surface area contributed by atoms with Crippen molar-refractivity contribution in [1.29, 1.82) is 0 Å². The fourth-order valence-electron chi connectivity index (χ4n) is 2.70. The molecule has 20 heavy (non-hydrogen) atoms. The molecule has 0 aliphatic heterocycles. The lowest BCUT2D eigenvalue weighted by Crippen LogP contribution is -2.34. The summed E-state index contributed by atoms with van der Waals surface area (Å²) in [6.45, 7) is 2.73. The predicted molar refractivity (Wildman–Crippen MR) is 76.4 cm³/mol. The summed E-state index contributed by atoms with van der Waals surface area (Å²) >= 11 is 0. The molecule has 6 nitrogen and oxygen atoms in total. The van der Waals surface area contributed by atoms with Gasteiger partial charge in [-0.2, -0.15) is 0 Å². The number of anilines is 1. The Morgan fingerprint density at radius 1 is 1.45 bits per heavy atom. The number of hydrogen-bond donors (Lipinski definition) is 2. The number of para-hydroxylation sites is 1. The van der Waals surface area contributed by atoms with Crippen molar-refractivity contribution < 1.29 is 9.72 Å². The number of nitrogens with one attached hydrogen (secondary N) is 1. The molecule has 1 saturated carbocycles. The minimum atomic E-state index is -0.579. The average Bonchev–Trinajstić information content (AvgIpc) is 2.83. The van der Waals surface area contributed by atoms with Crippen molar-refractivity contribution in [2.45, 2.75) is 32.6 Å². The fraction of sp³-hybridized carbons (Fsp3) is 0.500. The van der Waals surface area contributed by atoms with Gasteiger partial charge in [-0.3, -0.25) is 14.9 Å². The first-order chi connectivity index (χ1) is 9.43. The lowest BCUT2D eigenvalue weighted by molar-refractivity contribution is -0.383. The molecule has 1 fully saturated rings. The molecule has 1 aromatic carbocycles. The maximum absolute atomic E-state index is 12.1. The van der Waals surface area contributed by atoms with Gasteiger partial charge in [0.05, 0.1) is 10.5 Å². The van der Waals surface area contributed by atoms with Gasteiger partial charge in [0.2, 0.25) is 0 Å². The zero-order valence-electron chi connectivity index (χ0n) is 11.5. The lowest BCUT2D eigenvalue weighted by Gasteiger charge is -2.23. The van der Waals surface area contributed by atoms with Crippen molar-refractivity contribution in [2.24, 2.45) is 5.41 Å². The average molecular weight is 277 g/mol. The van der Waals surface area contributed by atoms with Gasteiger partial charge in [-0.05, 0) is 24.3 Å². The summed E-state index contributed by atoms with van der Waals surface area (Å²) < 4.78 is 0. The number of nitro benzene ring substituents is 1. The molecule has 0 aromatic heterocycles. The first kappa shape index (κ1) is 14.3. The number of amides is 1. The smallest absolute Gasteiger partial charge is 0.292 e. The zero-order chi connectivity index (χ0) is 14.8. The third kappa shape index (κ3) is 2.89. The molecule has 1 amide bonds. The van der Waals surface area contributed by atoms with Crippen LogP contribution in [0.3, 0.4) is 0 Å². The number of benzene rings is 1. The van der Waals surface area contributed by atoms with Gasteiger partial charge < -0.3 is 11.1 Å². The SMILES string of the molecule is CC1(CNC(=O)c2cccc([N+](=O)[O-])c2N)CCCC1. The molecule has 1 aromatic rings. The molecule has 108 valence electrons. The normalized spacial score (nSPS) is 16.9. The quantitative estimate of drug-likeness (QED) is 0.501. The van der Waals surface area contributed by atoms with E-state index in [9.17, 15) is 14.9 Å². The molecule has 6 heteroatoms. The monoisotopic (exact) mass is 277 g/mol. The van der Waals surface area contributed by atoms with E-state index in [2.05, 4.69) is 12.2 Å². The largest absolute Gasteiger partial charge is 0.393 e. The molecule has 0 unspecified atom stereocenters. The fourth-order valence-corrected chi connectivity index (χ4v) is 2.70. The van der Waals surface area contributed by atoms with Gasteiger partial charge in [-0.1, -0.05) is 25.8 Å². The maximum atomic E-state index is 12.1. The summed E-state index contributed by atoms with van der Waals surface area (Å²) in [6, 6.07) is 4.28. The van der Waals surface area contributed by atoms with Crippen molar-refractivity contribution >= 4 is 17.3 Å². The Morgan fingerprint density at radius 3 is 2.70 bits per heavy atom. The number of nitrogens with zero attached hydrogens (tertiary/aromatic N) is 1. The van der Waals surface area contributed by atoms with Crippen molar-refractivity contribution in [3.8, 4) is 0 Å². The Kier molecular flexibility index (Phi) is 3.92. The van der Waals surface area contributed by atoms with Crippen LogP contribution in [0, 0.1) is 15.5 Å². The van der Waals surface area contributed by atoms with E-state index in [0.29, 0.717) is 6.54 Å². The highest BCUT2D eigenvalue weighted by atomic mass is 16.6. The Hall–Kier alpha value is -2.11. The van der Waals surface area contributed by atoms with Crippen LogP contribution in [0.1, 0.15) is 43.0 Å². The van der Waals surface area contributed by atoms with E-state index in [-0.39, 0.29) is 28.3 Å².